The molecule has 3 nitrogen and oxygen atoms in total. The quantitative estimate of drug-likeness (QED) is 0.829. The monoisotopic (exact) mass is 239 g/mol. The first-order valence-electron chi connectivity index (χ1n) is 6.21. The second-order valence-corrected chi connectivity index (χ2v) is 5.82. The molecule has 1 aromatic heterocycles. The maximum absolute atomic E-state index is 4.26. The van der Waals surface area contributed by atoms with Crippen molar-refractivity contribution in [3.05, 3.63) is 10.6 Å². The van der Waals surface area contributed by atoms with E-state index in [0.717, 1.165) is 5.92 Å². The van der Waals surface area contributed by atoms with Crippen LogP contribution < -0.4 is 5.32 Å². The standard InChI is InChI=1S/C12H21N3S/c1-8(2)11-12(16-15-14-11)10(13-3)7-6-9-4-5-9/h8-10,13H,4-7H2,1-3H3. The minimum atomic E-state index is 0.456. The molecule has 0 amide bonds. The molecule has 1 fully saturated rings. The fraction of sp³-hybridized carbons (Fsp3) is 0.833. The van der Waals surface area contributed by atoms with Gasteiger partial charge in [0, 0.05) is 6.04 Å². The summed E-state index contributed by atoms with van der Waals surface area (Å²) >= 11 is 1.56. The minimum absolute atomic E-state index is 0.456. The van der Waals surface area contributed by atoms with Gasteiger partial charge in [0.25, 0.3) is 0 Å². The number of hydrogen-bond donors (Lipinski definition) is 1. The second kappa shape index (κ2) is 5.23. The largest absolute Gasteiger partial charge is 0.312 e. The van der Waals surface area contributed by atoms with E-state index in [4.69, 9.17) is 0 Å². The van der Waals surface area contributed by atoms with Crippen molar-refractivity contribution in [1.82, 2.24) is 14.9 Å². The van der Waals surface area contributed by atoms with Gasteiger partial charge in [-0.05, 0) is 43.3 Å². The summed E-state index contributed by atoms with van der Waals surface area (Å²) in [4.78, 5) is 1.35. The van der Waals surface area contributed by atoms with E-state index in [1.807, 2.05) is 7.05 Å². The van der Waals surface area contributed by atoms with Gasteiger partial charge < -0.3 is 5.32 Å². The Morgan fingerprint density at radius 2 is 2.19 bits per heavy atom. The zero-order valence-corrected chi connectivity index (χ0v) is 11.2. The van der Waals surface area contributed by atoms with Gasteiger partial charge in [-0.25, -0.2) is 0 Å². The van der Waals surface area contributed by atoms with Gasteiger partial charge in [-0.2, -0.15) is 0 Å². The van der Waals surface area contributed by atoms with Crippen molar-refractivity contribution in [2.45, 2.75) is 51.5 Å². The van der Waals surface area contributed by atoms with E-state index in [1.165, 1.54) is 36.3 Å². The van der Waals surface area contributed by atoms with Gasteiger partial charge >= 0.3 is 0 Å². The zero-order valence-electron chi connectivity index (χ0n) is 10.4. The van der Waals surface area contributed by atoms with Gasteiger partial charge in [0.1, 0.15) is 0 Å². The Morgan fingerprint density at radius 1 is 1.44 bits per heavy atom. The normalized spacial score (nSPS) is 18.0. The molecule has 0 spiro atoms. The first kappa shape index (κ1) is 12.0. The Labute approximate surface area is 102 Å². The zero-order chi connectivity index (χ0) is 11.5. The van der Waals surface area contributed by atoms with Crippen molar-refractivity contribution in [1.29, 1.82) is 0 Å². The van der Waals surface area contributed by atoms with E-state index in [9.17, 15) is 0 Å². The lowest BCUT2D eigenvalue weighted by atomic mass is 10.0. The minimum Gasteiger partial charge on any atom is -0.312 e. The van der Waals surface area contributed by atoms with Crippen LogP contribution in [0.4, 0.5) is 0 Å². The molecule has 0 radical (unpaired) electrons. The highest BCUT2D eigenvalue weighted by molar-refractivity contribution is 7.05. The lowest BCUT2D eigenvalue weighted by molar-refractivity contribution is 0.507. The van der Waals surface area contributed by atoms with E-state index < -0.39 is 0 Å². The fourth-order valence-corrected chi connectivity index (χ4v) is 3.01. The van der Waals surface area contributed by atoms with Crippen LogP contribution in [0.25, 0.3) is 0 Å². The Morgan fingerprint density at radius 3 is 2.75 bits per heavy atom. The van der Waals surface area contributed by atoms with Gasteiger partial charge in [-0.3, -0.25) is 0 Å². The summed E-state index contributed by atoms with van der Waals surface area (Å²) in [6, 6.07) is 0.456. The summed E-state index contributed by atoms with van der Waals surface area (Å²) in [6.07, 6.45) is 5.45. The smallest absolute Gasteiger partial charge is 0.0829 e. The first-order chi connectivity index (χ1) is 7.72. The lowest BCUT2D eigenvalue weighted by Gasteiger charge is -2.16. The van der Waals surface area contributed by atoms with Crippen molar-refractivity contribution >= 4 is 11.5 Å². The molecule has 1 unspecified atom stereocenters. The van der Waals surface area contributed by atoms with Gasteiger partial charge in [0.05, 0.1) is 10.6 Å². The van der Waals surface area contributed by atoms with E-state index in [1.54, 1.807) is 11.5 Å². The molecule has 0 bridgehead atoms. The van der Waals surface area contributed by atoms with Crippen molar-refractivity contribution in [3.8, 4) is 0 Å². The van der Waals surface area contributed by atoms with E-state index >= 15 is 0 Å². The summed E-state index contributed by atoms with van der Waals surface area (Å²) in [5.41, 5.74) is 1.18. The molecule has 0 aliphatic heterocycles. The van der Waals surface area contributed by atoms with Crippen molar-refractivity contribution in [2.24, 2.45) is 5.92 Å². The Hall–Kier alpha value is -0.480. The third-order valence-corrected chi connectivity index (χ3v) is 4.17. The van der Waals surface area contributed by atoms with Crippen LogP contribution >= 0.6 is 11.5 Å². The molecule has 1 saturated carbocycles. The molecule has 1 aliphatic carbocycles. The highest BCUT2D eigenvalue weighted by atomic mass is 32.1. The Bertz CT molecular complexity index is 331. The van der Waals surface area contributed by atoms with Crippen LogP contribution in [0.1, 0.15) is 62.1 Å². The molecule has 0 saturated heterocycles. The van der Waals surface area contributed by atoms with Crippen LogP contribution in [-0.2, 0) is 0 Å². The van der Waals surface area contributed by atoms with Gasteiger partial charge in [0.15, 0.2) is 0 Å². The maximum atomic E-state index is 4.26. The predicted molar refractivity (Wildman–Crippen MR) is 67.8 cm³/mol. The summed E-state index contributed by atoms with van der Waals surface area (Å²) < 4.78 is 4.11. The van der Waals surface area contributed by atoms with Crippen molar-refractivity contribution in [2.75, 3.05) is 7.05 Å². The van der Waals surface area contributed by atoms with Crippen LogP contribution in [0.2, 0.25) is 0 Å². The average molecular weight is 239 g/mol. The summed E-state index contributed by atoms with van der Waals surface area (Å²) in [6.45, 7) is 4.38. The number of nitrogens with one attached hydrogen (secondary N) is 1. The Balaban J connectivity index is 2.02. The SMILES string of the molecule is CNC(CCC1CC1)c1snnc1C(C)C. The number of aromatic nitrogens is 2. The molecule has 90 valence electrons. The molecular formula is C12H21N3S. The number of nitrogens with zero attached hydrogens (tertiary/aromatic N) is 2. The molecule has 4 heteroatoms. The maximum Gasteiger partial charge on any atom is 0.0829 e. The molecular weight excluding hydrogens is 218 g/mol. The fourth-order valence-electron chi connectivity index (χ4n) is 2.06. The number of rotatable bonds is 6. The van der Waals surface area contributed by atoms with E-state index in [2.05, 4.69) is 28.8 Å². The molecule has 1 aliphatic rings. The topological polar surface area (TPSA) is 37.8 Å². The first-order valence-corrected chi connectivity index (χ1v) is 6.99. The van der Waals surface area contributed by atoms with Crippen LogP contribution in [0.3, 0.4) is 0 Å². The number of hydrogen-bond acceptors (Lipinski definition) is 4. The molecule has 0 aromatic carbocycles. The summed E-state index contributed by atoms with van der Waals surface area (Å²) in [5.74, 6) is 1.48. The predicted octanol–water partition coefficient (Wildman–Crippen LogP) is 3.11. The lowest BCUT2D eigenvalue weighted by Crippen LogP contribution is -2.17. The highest BCUT2D eigenvalue weighted by Crippen LogP contribution is 2.37. The van der Waals surface area contributed by atoms with Gasteiger partial charge in [-0.15, -0.1) is 5.10 Å². The van der Waals surface area contributed by atoms with Crippen LogP contribution in [0, 0.1) is 5.92 Å². The van der Waals surface area contributed by atoms with Crippen LogP contribution in [-0.4, -0.2) is 16.6 Å². The summed E-state index contributed by atoms with van der Waals surface area (Å²) in [7, 11) is 2.04. The highest BCUT2D eigenvalue weighted by Gasteiger charge is 2.25. The van der Waals surface area contributed by atoms with Crippen LogP contribution in [0.5, 0.6) is 0 Å². The summed E-state index contributed by atoms with van der Waals surface area (Å²) in [5, 5.41) is 7.67. The van der Waals surface area contributed by atoms with Crippen LogP contribution in [0.15, 0.2) is 0 Å². The molecule has 1 N–H and O–H groups in total. The van der Waals surface area contributed by atoms with Gasteiger partial charge in [-0.1, -0.05) is 31.2 Å². The molecule has 2 rings (SSSR count). The third kappa shape index (κ3) is 2.80. The van der Waals surface area contributed by atoms with E-state index in [-0.39, 0.29) is 0 Å². The van der Waals surface area contributed by atoms with Gasteiger partial charge in [0.2, 0.25) is 0 Å². The molecule has 16 heavy (non-hydrogen) atoms. The third-order valence-electron chi connectivity index (χ3n) is 3.31. The van der Waals surface area contributed by atoms with Crippen molar-refractivity contribution in [3.63, 3.8) is 0 Å². The Kier molecular flexibility index (Phi) is 3.92. The average Bonchev–Trinajstić information content (AvgIpc) is 2.94. The molecule has 1 heterocycles. The second-order valence-electron chi connectivity index (χ2n) is 5.04. The van der Waals surface area contributed by atoms with Crippen molar-refractivity contribution < 1.29 is 0 Å². The van der Waals surface area contributed by atoms with E-state index in [0.29, 0.717) is 12.0 Å². The molecule has 1 aromatic rings. The molecule has 1 atom stereocenters.